The van der Waals surface area contributed by atoms with Crippen LogP contribution in [0.5, 0.6) is 5.75 Å². The number of aromatic amines is 1. The molecule has 0 amide bonds. The van der Waals surface area contributed by atoms with Gasteiger partial charge in [0.15, 0.2) is 0 Å². The number of nitrogens with one attached hydrogen (secondary N) is 1. The van der Waals surface area contributed by atoms with Gasteiger partial charge in [0.05, 0.1) is 18.0 Å². The zero-order chi connectivity index (χ0) is 11.1. The molecule has 0 atom stereocenters. The molecule has 0 radical (unpaired) electrons. The maximum Gasteiger partial charge on any atom is 0.258 e. The highest BCUT2D eigenvalue weighted by molar-refractivity contribution is 5.79. The molecule has 1 aliphatic rings. The molecule has 0 saturated heterocycles. The Morgan fingerprint density at radius 1 is 1.44 bits per heavy atom. The molecule has 16 heavy (non-hydrogen) atoms. The highest BCUT2D eigenvalue weighted by Crippen LogP contribution is 2.37. The quantitative estimate of drug-likeness (QED) is 0.832. The molecule has 1 aromatic carbocycles. The monoisotopic (exact) mass is 216 g/mol. The van der Waals surface area contributed by atoms with E-state index in [-0.39, 0.29) is 5.56 Å². The Morgan fingerprint density at radius 3 is 2.94 bits per heavy atom. The van der Waals surface area contributed by atoms with E-state index in [4.69, 9.17) is 4.74 Å². The number of fused-ring (bicyclic) bond motifs is 1. The van der Waals surface area contributed by atoms with Crippen molar-refractivity contribution in [3.8, 4) is 5.75 Å². The van der Waals surface area contributed by atoms with Crippen molar-refractivity contribution in [1.82, 2.24) is 9.97 Å². The summed E-state index contributed by atoms with van der Waals surface area (Å²) in [6.07, 6.45) is 2.26. The molecule has 0 aliphatic heterocycles. The average Bonchev–Trinajstić information content (AvgIpc) is 3.12. The zero-order valence-corrected chi connectivity index (χ0v) is 8.99. The number of aromatic nitrogens is 2. The minimum Gasteiger partial charge on any atom is -0.497 e. The summed E-state index contributed by atoms with van der Waals surface area (Å²) >= 11 is 0. The lowest BCUT2D eigenvalue weighted by Gasteiger charge is -2.03. The van der Waals surface area contributed by atoms with Gasteiger partial charge in [-0.25, -0.2) is 4.98 Å². The van der Waals surface area contributed by atoms with Crippen molar-refractivity contribution in [2.75, 3.05) is 7.11 Å². The lowest BCUT2D eigenvalue weighted by atomic mass is 10.2. The summed E-state index contributed by atoms with van der Waals surface area (Å²) < 4.78 is 5.09. The first kappa shape index (κ1) is 9.39. The number of hydrogen-bond donors (Lipinski definition) is 1. The van der Waals surface area contributed by atoms with Crippen molar-refractivity contribution < 1.29 is 4.74 Å². The van der Waals surface area contributed by atoms with E-state index in [1.807, 2.05) is 12.1 Å². The Hall–Kier alpha value is -1.84. The summed E-state index contributed by atoms with van der Waals surface area (Å²) in [5, 5.41) is 0.587. The van der Waals surface area contributed by atoms with Crippen LogP contribution in [0.3, 0.4) is 0 Å². The second kappa shape index (κ2) is 3.33. The van der Waals surface area contributed by atoms with E-state index in [0.29, 0.717) is 17.1 Å². The maximum absolute atomic E-state index is 11.8. The van der Waals surface area contributed by atoms with Crippen molar-refractivity contribution in [1.29, 1.82) is 0 Å². The van der Waals surface area contributed by atoms with Crippen LogP contribution in [0, 0.1) is 0 Å². The fourth-order valence-corrected chi connectivity index (χ4v) is 1.81. The largest absolute Gasteiger partial charge is 0.497 e. The molecule has 1 aromatic heterocycles. The molecule has 0 unspecified atom stereocenters. The Balaban J connectivity index is 2.24. The van der Waals surface area contributed by atoms with Crippen LogP contribution in [0.25, 0.3) is 10.9 Å². The predicted octanol–water partition coefficient (Wildman–Crippen LogP) is 1.81. The lowest BCUT2D eigenvalue weighted by Crippen LogP contribution is -2.11. The van der Waals surface area contributed by atoms with Gasteiger partial charge in [-0.05, 0) is 31.0 Å². The molecule has 1 N–H and O–H groups in total. The van der Waals surface area contributed by atoms with E-state index in [9.17, 15) is 4.79 Å². The highest BCUT2D eigenvalue weighted by atomic mass is 16.5. The molecule has 1 saturated carbocycles. The van der Waals surface area contributed by atoms with Gasteiger partial charge in [0.25, 0.3) is 5.56 Å². The van der Waals surface area contributed by atoms with Crippen molar-refractivity contribution in [2.24, 2.45) is 0 Å². The molecule has 4 nitrogen and oxygen atoms in total. The summed E-state index contributed by atoms with van der Waals surface area (Å²) in [7, 11) is 1.58. The average molecular weight is 216 g/mol. The van der Waals surface area contributed by atoms with E-state index >= 15 is 0 Å². The fourth-order valence-electron chi connectivity index (χ4n) is 1.81. The fraction of sp³-hybridized carbons (Fsp3) is 0.333. The van der Waals surface area contributed by atoms with Gasteiger partial charge in [-0.15, -0.1) is 0 Å². The van der Waals surface area contributed by atoms with Crippen LogP contribution >= 0.6 is 0 Å². The molecule has 1 fully saturated rings. The van der Waals surface area contributed by atoms with Gasteiger partial charge in [0.1, 0.15) is 11.6 Å². The predicted molar refractivity (Wildman–Crippen MR) is 60.9 cm³/mol. The van der Waals surface area contributed by atoms with Gasteiger partial charge in [0.2, 0.25) is 0 Å². The molecular formula is C12H12N2O2. The number of nitrogens with zero attached hydrogens (tertiary/aromatic N) is 1. The first-order chi connectivity index (χ1) is 7.78. The third-order valence-corrected chi connectivity index (χ3v) is 2.89. The van der Waals surface area contributed by atoms with Crippen LogP contribution in [0.1, 0.15) is 24.6 Å². The number of hydrogen-bond acceptors (Lipinski definition) is 3. The van der Waals surface area contributed by atoms with Crippen molar-refractivity contribution >= 4 is 10.9 Å². The summed E-state index contributed by atoms with van der Waals surface area (Å²) in [6, 6.07) is 5.37. The summed E-state index contributed by atoms with van der Waals surface area (Å²) in [4.78, 5) is 19.2. The van der Waals surface area contributed by atoms with Gasteiger partial charge < -0.3 is 9.72 Å². The summed E-state index contributed by atoms with van der Waals surface area (Å²) in [5.41, 5.74) is 0.664. The smallest absolute Gasteiger partial charge is 0.258 e. The Morgan fingerprint density at radius 2 is 2.25 bits per heavy atom. The lowest BCUT2D eigenvalue weighted by molar-refractivity contribution is 0.415. The first-order valence-electron chi connectivity index (χ1n) is 5.36. The third kappa shape index (κ3) is 1.46. The van der Waals surface area contributed by atoms with E-state index in [0.717, 1.165) is 24.2 Å². The Bertz CT molecular complexity index is 599. The van der Waals surface area contributed by atoms with E-state index in [2.05, 4.69) is 9.97 Å². The van der Waals surface area contributed by atoms with Crippen molar-refractivity contribution in [3.63, 3.8) is 0 Å². The topological polar surface area (TPSA) is 55.0 Å². The summed E-state index contributed by atoms with van der Waals surface area (Å²) in [6.45, 7) is 0. The number of H-pyrrole nitrogens is 1. The molecule has 2 aromatic rings. The standard InChI is InChI=1S/C12H12N2O2/c1-16-8-4-5-10-9(6-8)12(15)14-11(13-10)7-2-3-7/h4-7H,2-3H2,1H3,(H,13,14,15). The van der Waals surface area contributed by atoms with Gasteiger partial charge in [-0.3, -0.25) is 4.79 Å². The van der Waals surface area contributed by atoms with Crippen molar-refractivity contribution in [2.45, 2.75) is 18.8 Å². The van der Waals surface area contributed by atoms with Crippen LogP contribution < -0.4 is 10.3 Å². The normalized spacial score (nSPS) is 15.3. The minimum atomic E-state index is -0.0780. The molecule has 3 rings (SSSR count). The van der Waals surface area contributed by atoms with Gasteiger partial charge in [0, 0.05) is 5.92 Å². The molecule has 4 heteroatoms. The Kier molecular flexibility index (Phi) is 1.96. The third-order valence-electron chi connectivity index (χ3n) is 2.89. The Labute approximate surface area is 92.3 Å². The number of ether oxygens (including phenoxy) is 1. The number of rotatable bonds is 2. The van der Waals surface area contributed by atoms with E-state index in [1.165, 1.54) is 0 Å². The van der Waals surface area contributed by atoms with Crippen molar-refractivity contribution in [3.05, 3.63) is 34.4 Å². The maximum atomic E-state index is 11.8. The second-order valence-electron chi connectivity index (χ2n) is 4.11. The minimum absolute atomic E-state index is 0.0780. The number of methoxy groups -OCH3 is 1. The molecule has 0 bridgehead atoms. The van der Waals surface area contributed by atoms with Crippen LogP contribution in [-0.2, 0) is 0 Å². The van der Waals surface area contributed by atoms with Crippen LogP contribution in [0.15, 0.2) is 23.0 Å². The SMILES string of the molecule is COc1ccc2nc(C3CC3)[nH]c(=O)c2c1. The van der Waals surface area contributed by atoms with E-state index in [1.54, 1.807) is 13.2 Å². The van der Waals surface area contributed by atoms with Crippen LogP contribution in [0.4, 0.5) is 0 Å². The zero-order valence-electron chi connectivity index (χ0n) is 8.99. The van der Waals surface area contributed by atoms with Crippen LogP contribution in [0.2, 0.25) is 0 Å². The van der Waals surface area contributed by atoms with Gasteiger partial charge >= 0.3 is 0 Å². The summed E-state index contributed by atoms with van der Waals surface area (Å²) in [5.74, 6) is 1.96. The molecule has 82 valence electrons. The molecule has 1 aliphatic carbocycles. The van der Waals surface area contributed by atoms with Gasteiger partial charge in [-0.1, -0.05) is 0 Å². The van der Waals surface area contributed by atoms with Gasteiger partial charge in [-0.2, -0.15) is 0 Å². The highest BCUT2D eigenvalue weighted by Gasteiger charge is 2.26. The second-order valence-corrected chi connectivity index (χ2v) is 4.11. The number of benzene rings is 1. The van der Waals surface area contributed by atoms with Crippen LogP contribution in [-0.4, -0.2) is 17.1 Å². The first-order valence-corrected chi connectivity index (χ1v) is 5.36. The molecule has 0 spiro atoms. The molecular weight excluding hydrogens is 204 g/mol. The molecule has 1 heterocycles. The van der Waals surface area contributed by atoms with E-state index < -0.39 is 0 Å².